The van der Waals surface area contributed by atoms with Crippen LogP contribution in [0.5, 0.6) is 0 Å². The molecular formula is C15H23N3O2. The van der Waals surface area contributed by atoms with Crippen LogP contribution in [0, 0.1) is 12.8 Å². The van der Waals surface area contributed by atoms with Gasteiger partial charge in [-0.05, 0) is 39.3 Å². The molecule has 5 heteroatoms. The highest BCUT2D eigenvalue weighted by Gasteiger charge is 2.24. The van der Waals surface area contributed by atoms with Crippen molar-refractivity contribution < 1.29 is 4.79 Å². The van der Waals surface area contributed by atoms with Crippen LogP contribution in [-0.4, -0.2) is 42.1 Å². The number of nitrogens with zero attached hydrogens (tertiary/aromatic N) is 2. The van der Waals surface area contributed by atoms with Gasteiger partial charge < -0.3 is 14.8 Å². The van der Waals surface area contributed by atoms with Crippen LogP contribution in [0.1, 0.15) is 28.9 Å². The highest BCUT2D eigenvalue weighted by molar-refractivity contribution is 5.93. The van der Waals surface area contributed by atoms with E-state index in [9.17, 15) is 9.59 Å². The van der Waals surface area contributed by atoms with Crippen LogP contribution < -0.4 is 10.7 Å². The maximum absolute atomic E-state index is 12.4. The molecule has 1 saturated heterocycles. The minimum Gasteiger partial charge on any atom is -0.354 e. The van der Waals surface area contributed by atoms with E-state index >= 15 is 0 Å². The minimum absolute atomic E-state index is 0.131. The summed E-state index contributed by atoms with van der Waals surface area (Å²) in [6.45, 7) is 4.33. The van der Waals surface area contributed by atoms with Crippen molar-refractivity contribution in [3.05, 3.63) is 33.7 Å². The normalized spacial score (nSPS) is 16.4. The zero-order valence-electron chi connectivity index (χ0n) is 12.5. The van der Waals surface area contributed by atoms with E-state index in [1.165, 1.54) is 6.07 Å². The Kier molecular flexibility index (Phi) is 4.60. The molecule has 110 valence electrons. The molecule has 0 saturated carbocycles. The van der Waals surface area contributed by atoms with Gasteiger partial charge in [0, 0.05) is 38.1 Å². The van der Waals surface area contributed by atoms with Crippen LogP contribution in [0.4, 0.5) is 0 Å². The summed E-state index contributed by atoms with van der Waals surface area (Å²) in [7, 11) is 3.80. The molecule has 1 aromatic heterocycles. The number of hydrogen-bond acceptors (Lipinski definition) is 3. The van der Waals surface area contributed by atoms with E-state index in [0.29, 0.717) is 5.92 Å². The molecule has 1 amide bonds. The summed E-state index contributed by atoms with van der Waals surface area (Å²) in [5, 5.41) is 3.18. The van der Waals surface area contributed by atoms with Crippen molar-refractivity contribution in [1.82, 2.24) is 14.8 Å². The number of rotatable bonds is 3. The molecule has 0 radical (unpaired) electrons. The lowest BCUT2D eigenvalue weighted by atomic mass is 9.96. The predicted molar refractivity (Wildman–Crippen MR) is 79.0 cm³/mol. The molecule has 5 nitrogen and oxygen atoms in total. The molecule has 0 spiro atoms. The number of amides is 1. The van der Waals surface area contributed by atoms with Gasteiger partial charge in [-0.3, -0.25) is 9.59 Å². The van der Waals surface area contributed by atoms with Gasteiger partial charge in [0.15, 0.2) is 5.43 Å². The highest BCUT2D eigenvalue weighted by Crippen LogP contribution is 2.17. The van der Waals surface area contributed by atoms with Crippen molar-refractivity contribution in [3.63, 3.8) is 0 Å². The van der Waals surface area contributed by atoms with Gasteiger partial charge in [-0.1, -0.05) is 0 Å². The lowest BCUT2D eigenvalue weighted by Crippen LogP contribution is -2.42. The Labute approximate surface area is 119 Å². The maximum atomic E-state index is 12.4. The van der Waals surface area contributed by atoms with Crippen LogP contribution >= 0.6 is 0 Å². The first-order chi connectivity index (χ1) is 9.52. The van der Waals surface area contributed by atoms with Crippen molar-refractivity contribution in [2.75, 3.05) is 26.7 Å². The summed E-state index contributed by atoms with van der Waals surface area (Å²) in [5.41, 5.74) is 0.965. The van der Waals surface area contributed by atoms with Crippen molar-refractivity contribution in [2.45, 2.75) is 19.8 Å². The number of nitrogens with one attached hydrogen (secondary N) is 1. The monoisotopic (exact) mass is 277 g/mol. The summed E-state index contributed by atoms with van der Waals surface area (Å²) < 4.78 is 1.82. The molecule has 1 aliphatic rings. The molecule has 0 aliphatic carbocycles. The third kappa shape index (κ3) is 3.10. The Morgan fingerprint density at radius 1 is 1.40 bits per heavy atom. The van der Waals surface area contributed by atoms with E-state index in [1.807, 2.05) is 25.6 Å². The van der Waals surface area contributed by atoms with Crippen molar-refractivity contribution in [2.24, 2.45) is 13.0 Å². The number of aromatic nitrogens is 1. The van der Waals surface area contributed by atoms with Crippen LogP contribution in [0.25, 0.3) is 0 Å². The van der Waals surface area contributed by atoms with Gasteiger partial charge >= 0.3 is 0 Å². The van der Waals surface area contributed by atoms with Crippen LogP contribution in [0.3, 0.4) is 0 Å². The van der Waals surface area contributed by atoms with Gasteiger partial charge in [0.1, 0.15) is 5.56 Å². The van der Waals surface area contributed by atoms with Crippen LogP contribution in [0.15, 0.2) is 17.1 Å². The van der Waals surface area contributed by atoms with Gasteiger partial charge in [-0.25, -0.2) is 0 Å². The number of aryl methyl sites for hydroxylation is 2. The summed E-state index contributed by atoms with van der Waals surface area (Å²) in [6, 6.07) is 1.53. The van der Waals surface area contributed by atoms with E-state index < -0.39 is 0 Å². The summed E-state index contributed by atoms with van der Waals surface area (Å²) in [6.07, 6.45) is 3.65. The summed E-state index contributed by atoms with van der Waals surface area (Å²) >= 11 is 0. The summed E-state index contributed by atoms with van der Waals surface area (Å²) in [5.74, 6) is 0.499. The second-order valence-electron chi connectivity index (χ2n) is 5.60. The Morgan fingerprint density at radius 3 is 2.65 bits per heavy atom. The minimum atomic E-state index is -0.178. The topological polar surface area (TPSA) is 54.3 Å². The van der Waals surface area contributed by atoms with E-state index in [0.717, 1.165) is 38.2 Å². The van der Waals surface area contributed by atoms with Crippen molar-refractivity contribution in [1.29, 1.82) is 0 Å². The second kappa shape index (κ2) is 6.22. The number of piperidine rings is 1. The Morgan fingerprint density at radius 2 is 2.05 bits per heavy atom. The molecule has 20 heavy (non-hydrogen) atoms. The number of carbonyl (C=O) groups excluding carboxylic acids is 1. The van der Waals surface area contributed by atoms with Crippen molar-refractivity contribution in [3.8, 4) is 0 Å². The molecule has 0 bridgehead atoms. The molecular weight excluding hydrogens is 254 g/mol. The standard InChI is InChI=1S/C15H23N3O2/c1-11-8-14(19)13(10-17(11)3)15(20)18-6-4-12(5-7-18)9-16-2/h8,10,12,16H,4-7,9H2,1-3H3. The van der Waals surface area contributed by atoms with E-state index in [2.05, 4.69) is 5.32 Å². The van der Waals surface area contributed by atoms with E-state index in [4.69, 9.17) is 0 Å². The Hall–Kier alpha value is -1.62. The van der Waals surface area contributed by atoms with Gasteiger partial charge in [-0.2, -0.15) is 0 Å². The van der Waals surface area contributed by atoms with Gasteiger partial charge in [0.05, 0.1) is 0 Å². The molecule has 1 aromatic rings. The number of likely N-dealkylation sites (tertiary alicyclic amines) is 1. The van der Waals surface area contributed by atoms with Crippen LogP contribution in [-0.2, 0) is 7.05 Å². The highest BCUT2D eigenvalue weighted by atomic mass is 16.2. The molecule has 2 rings (SSSR count). The quantitative estimate of drug-likeness (QED) is 0.887. The molecule has 0 aromatic carbocycles. The smallest absolute Gasteiger partial charge is 0.259 e. The average Bonchev–Trinajstić information content (AvgIpc) is 2.43. The Bertz CT molecular complexity index is 543. The van der Waals surface area contributed by atoms with E-state index in [-0.39, 0.29) is 16.9 Å². The first kappa shape index (κ1) is 14.8. The predicted octanol–water partition coefficient (Wildman–Crippen LogP) is 0.765. The first-order valence-corrected chi connectivity index (χ1v) is 7.14. The lowest BCUT2D eigenvalue weighted by molar-refractivity contribution is 0.0688. The number of hydrogen-bond donors (Lipinski definition) is 1. The van der Waals surface area contributed by atoms with Gasteiger partial charge in [0.2, 0.25) is 0 Å². The lowest BCUT2D eigenvalue weighted by Gasteiger charge is -2.32. The molecule has 0 atom stereocenters. The fourth-order valence-electron chi connectivity index (χ4n) is 2.69. The van der Waals surface area contributed by atoms with Gasteiger partial charge in [-0.15, -0.1) is 0 Å². The average molecular weight is 277 g/mol. The largest absolute Gasteiger partial charge is 0.354 e. The number of carbonyl (C=O) groups is 1. The van der Waals surface area contributed by atoms with Crippen molar-refractivity contribution >= 4 is 5.91 Å². The molecule has 1 aliphatic heterocycles. The fraction of sp³-hybridized carbons (Fsp3) is 0.600. The molecule has 2 heterocycles. The second-order valence-corrected chi connectivity index (χ2v) is 5.60. The summed E-state index contributed by atoms with van der Waals surface area (Å²) in [4.78, 5) is 26.2. The maximum Gasteiger partial charge on any atom is 0.259 e. The first-order valence-electron chi connectivity index (χ1n) is 7.14. The van der Waals surface area contributed by atoms with Gasteiger partial charge in [0.25, 0.3) is 5.91 Å². The molecule has 0 unspecified atom stereocenters. The zero-order valence-corrected chi connectivity index (χ0v) is 12.5. The third-order valence-electron chi connectivity index (χ3n) is 4.11. The fourth-order valence-corrected chi connectivity index (χ4v) is 2.69. The third-order valence-corrected chi connectivity index (χ3v) is 4.11. The molecule has 1 fully saturated rings. The molecule has 1 N–H and O–H groups in total. The SMILES string of the molecule is CNCC1CCN(C(=O)c2cn(C)c(C)cc2=O)CC1. The van der Waals surface area contributed by atoms with Crippen LogP contribution in [0.2, 0.25) is 0 Å². The Balaban J connectivity index is 2.10. The zero-order chi connectivity index (χ0) is 14.7. The van der Waals surface area contributed by atoms with E-state index in [1.54, 1.807) is 11.1 Å². The number of pyridine rings is 1.